The highest BCUT2D eigenvalue weighted by Crippen LogP contribution is 2.39. The highest BCUT2D eigenvalue weighted by Gasteiger charge is 2.29. The van der Waals surface area contributed by atoms with E-state index in [1.807, 2.05) is 20.8 Å². The van der Waals surface area contributed by atoms with Gasteiger partial charge in [-0.05, 0) is 30.7 Å². The van der Waals surface area contributed by atoms with Crippen LogP contribution < -0.4 is 11.1 Å². The van der Waals surface area contributed by atoms with E-state index in [9.17, 15) is 9.59 Å². The number of thiophene rings is 1. The monoisotopic (exact) mass is 294 g/mol. The molecule has 1 aliphatic rings. The lowest BCUT2D eigenvalue weighted by Gasteiger charge is -2.18. The van der Waals surface area contributed by atoms with Gasteiger partial charge < -0.3 is 11.1 Å². The molecule has 4 nitrogen and oxygen atoms in total. The van der Waals surface area contributed by atoms with E-state index in [0.717, 1.165) is 24.8 Å². The maximum atomic E-state index is 12.1. The molecule has 3 N–H and O–H groups in total. The summed E-state index contributed by atoms with van der Waals surface area (Å²) in [4.78, 5) is 25.1. The van der Waals surface area contributed by atoms with Crippen LogP contribution in [0.1, 0.15) is 54.9 Å². The normalized spacial score (nSPS) is 18.5. The van der Waals surface area contributed by atoms with Crippen LogP contribution in [-0.2, 0) is 17.6 Å². The number of hydrogen-bond donors (Lipinski definition) is 2. The summed E-state index contributed by atoms with van der Waals surface area (Å²) in [6.45, 7) is 7.76. The van der Waals surface area contributed by atoms with Gasteiger partial charge in [0.15, 0.2) is 0 Å². The van der Waals surface area contributed by atoms with Gasteiger partial charge >= 0.3 is 0 Å². The second-order valence-corrected chi connectivity index (χ2v) is 7.73. The number of amides is 2. The highest BCUT2D eigenvalue weighted by atomic mass is 32.1. The Morgan fingerprint density at radius 1 is 1.35 bits per heavy atom. The van der Waals surface area contributed by atoms with Crippen molar-refractivity contribution in [1.82, 2.24) is 0 Å². The average molecular weight is 294 g/mol. The maximum absolute atomic E-state index is 12.1. The lowest BCUT2D eigenvalue weighted by Crippen LogP contribution is -2.28. The number of nitrogens with two attached hydrogens (primary N) is 1. The number of carbonyl (C=O) groups is 2. The summed E-state index contributed by atoms with van der Waals surface area (Å²) in [5.74, 6) is 0.0842. The Morgan fingerprint density at radius 3 is 2.55 bits per heavy atom. The number of primary amides is 1. The minimum Gasteiger partial charge on any atom is -0.365 e. The van der Waals surface area contributed by atoms with Crippen LogP contribution in [0, 0.1) is 11.3 Å². The number of nitrogens with one attached hydrogen (secondary N) is 1. The molecular weight excluding hydrogens is 272 g/mol. The van der Waals surface area contributed by atoms with Crippen molar-refractivity contribution in [2.75, 3.05) is 5.32 Å². The predicted molar refractivity (Wildman–Crippen MR) is 82.1 cm³/mol. The van der Waals surface area contributed by atoms with Crippen LogP contribution in [0.2, 0.25) is 0 Å². The van der Waals surface area contributed by atoms with E-state index in [2.05, 4.69) is 12.2 Å². The van der Waals surface area contributed by atoms with Crippen molar-refractivity contribution >= 4 is 28.2 Å². The molecular formula is C15H22N2O2S. The fourth-order valence-corrected chi connectivity index (χ4v) is 3.80. The van der Waals surface area contributed by atoms with Crippen LogP contribution >= 0.6 is 11.3 Å². The number of anilines is 1. The molecule has 0 bridgehead atoms. The Morgan fingerprint density at radius 2 is 2.00 bits per heavy atom. The van der Waals surface area contributed by atoms with E-state index in [1.54, 1.807) is 0 Å². The molecule has 1 aliphatic carbocycles. The van der Waals surface area contributed by atoms with Gasteiger partial charge in [-0.2, -0.15) is 0 Å². The molecule has 20 heavy (non-hydrogen) atoms. The molecule has 0 saturated carbocycles. The van der Waals surface area contributed by atoms with E-state index < -0.39 is 11.3 Å². The summed E-state index contributed by atoms with van der Waals surface area (Å²) in [5, 5.41) is 3.50. The molecule has 1 aromatic rings. The van der Waals surface area contributed by atoms with Crippen molar-refractivity contribution in [3.05, 3.63) is 16.0 Å². The largest absolute Gasteiger partial charge is 0.365 e. The van der Waals surface area contributed by atoms with Crippen LogP contribution in [0.5, 0.6) is 0 Å². The molecule has 0 unspecified atom stereocenters. The van der Waals surface area contributed by atoms with Crippen molar-refractivity contribution in [1.29, 1.82) is 0 Å². The van der Waals surface area contributed by atoms with Crippen LogP contribution in [-0.4, -0.2) is 11.8 Å². The molecule has 0 spiro atoms. The van der Waals surface area contributed by atoms with Gasteiger partial charge in [-0.1, -0.05) is 27.7 Å². The van der Waals surface area contributed by atoms with E-state index >= 15 is 0 Å². The molecule has 0 saturated heterocycles. The summed E-state index contributed by atoms with van der Waals surface area (Å²) in [6, 6.07) is 0. The lowest BCUT2D eigenvalue weighted by atomic mass is 9.88. The predicted octanol–water partition coefficient (Wildman–Crippen LogP) is 2.96. The molecule has 0 aromatic carbocycles. The van der Waals surface area contributed by atoms with Crippen molar-refractivity contribution in [3.8, 4) is 0 Å². The van der Waals surface area contributed by atoms with Crippen LogP contribution in [0.3, 0.4) is 0 Å². The molecule has 1 heterocycles. The quantitative estimate of drug-likeness (QED) is 0.880. The van der Waals surface area contributed by atoms with Crippen LogP contribution in [0.15, 0.2) is 0 Å². The third kappa shape index (κ3) is 2.87. The molecule has 2 rings (SSSR count). The number of carbonyl (C=O) groups excluding carboxylic acids is 2. The SMILES string of the molecule is C[C@H]1CCc2c(sc(NC(=O)C(C)(C)C)c2C(N)=O)C1. The fraction of sp³-hybridized carbons (Fsp3) is 0.600. The van der Waals surface area contributed by atoms with E-state index in [1.165, 1.54) is 16.2 Å². The van der Waals surface area contributed by atoms with Gasteiger partial charge in [0, 0.05) is 10.3 Å². The Kier molecular flexibility index (Phi) is 3.91. The molecule has 0 fully saturated rings. The zero-order valence-electron chi connectivity index (χ0n) is 12.5. The fourth-order valence-electron chi connectivity index (χ4n) is 2.39. The van der Waals surface area contributed by atoms with Crippen molar-refractivity contribution in [3.63, 3.8) is 0 Å². The molecule has 2 amide bonds. The molecule has 1 aromatic heterocycles. The van der Waals surface area contributed by atoms with Crippen LogP contribution in [0.4, 0.5) is 5.00 Å². The second-order valence-electron chi connectivity index (χ2n) is 6.62. The zero-order valence-corrected chi connectivity index (χ0v) is 13.3. The summed E-state index contributed by atoms with van der Waals surface area (Å²) in [7, 11) is 0. The average Bonchev–Trinajstić information content (AvgIpc) is 2.64. The Balaban J connectivity index is 2.38. The van der Waals surface area contributed by atoms with Gasteiger partial charge in [-0.25, -0.2) is 0 Å². The topological polar surface area (TPSA) is 72.2 Å². The van der Waals surface area contributed by atoms with E-state index in [-0.39, 0.29) is 5.91 Å². The Hall–Kier alpha value is -1.36. The van der Waals surface area contributed by atoms with Gasteiger partial charge in [-0.15, -0.1) is 11.3 Å². The van der Waals surface area contributed by atoms with Crippen LogP contribution in [0.25, 0.3) is 0 Å². The number of hydrogen-bond acceptors (Lipinski definition) is 3. The molecule has 1 atom stereocenters. The molecule has 5 heteroatoms. The Labute approximate surface area is 123 Å². The minimum absolute atomic E-state index is 0.0911. The van der Waals surface area contributed by atoms with Gasteiger partial charge in [-0.3, -0.25) is 9.59 Å². The van der Waals surface area contributed by atoms with E-state index in [4.69, 9.17) is 5.73 Å². The molecule has 110 valence electrons. The highest BCUT2D eigenvalue weighted by molar-refractivity contribution is 7.17. The third-order valence-electron chi connectivity index (χ3n) is 3.67. The first-order valence-electron chi connectivity index (χ1n) is 6.96. The third-order valence-corrected chi connectivity index (χ3v) is 4.84. The summed E-state index contributed by atoms with van der Waals surface area (Å²) in [5.41, 5.74) is 6.59. The number of fused-ring (bicyclic) bond motifs is 1. The first-order valence-corrected chi connectivity index (χ1v) is 7.77. The van der Waals surface area contributed by atoms with Crippen molar-refractivity contribution in [2.45, 2.75) is 47.0 Å². The van der Waals surface area contributed by atoms with Gasteiger partial charge in [0.25, 0.3) is 5.91 Å². The van der Waals surface area contributed by atoms with Gasteiger partial charge in [0.05, 0.1) is 5.56 Å². The standard InChI is InChI=1S/C15H22N2O2S/c1-8-5-6-9-10(7-8)20-13(11(9)12(16)18)17-14(19)15(2,3)4/h8H,5-7H2,1-4H3,(H2,16,18)(H,17,19)/t8-/m0/s1. The summed E-state index contributed by atoms with van der Waals surface area (Å²) >= 11 is 1.51. The molecule has 0 aliphatic heterocycles. The van der Waals surface area contributed by atoms with Gasteiger partial charge in [0.2, 0.25) is 5.91 Å². The first-order chi connectivity index (χ1) is 9.20. The zero-order chi connectivity index (χ0) is 15.1. The second kappa shape index (κ2) is 5.20. The van der Waals surface area contributed by atoms with Crippen molar-refractivity contribution < 1.29 is 9.59 Å². The Bertz CT molecular complexity index is 555. The maximum Gasteiger partial charge on any atom is 0.251 e. The lowest BCUT2D eigenvalue weighted by molar-refractivity contribution is -0.123. The summed E-state index contributed by atoms with van der Waals surface area (Å²) in [6.07, 6.45) is 2.90. The molecule has 0 radical (unpaired) electrons. The summed E-state index contributed by atoms with van der Waals surface area (Å²) < 4.78 is 0. The van der Waals surface area contributed by atoms with Gasteiger partial charge in [0.1, 0.15) is 5.00 Å². The minimum atomic E-state index is -0.493. The van der Waals surface area contributed by atoms with Crippen molar-refractivity contribution in [2.24, 2.45) is 17.1 Å². The smallest absolute Gasteiger partial charge is 0.251 e. The number of rotatable bonds is 2. The first kappa shape index (κ1) is 15.0. The van der Waals surface area contributed by atoms with E-state index in [0.29, 0.717) is 16.5 Å².